The van der Waals surface area contributed by atoms with E-state index in [4.69, 9.17) is 4.74 Å². The maximum Gasteiger partial charge on any atom is 0.329 e. The van der Waals surface area contributed by atoms with Gasteiger partial charge in [0.2, 0.25) is 5.95 Å². The molecule has 0 unspecified atom stereocenters. The summed E-state index contributed by atoms with van der Waals surface area (Å²) in [5.74, 6) is 1.29. The SMILES string of the molecule is CCCCCn1c(Nc2ccc(OC)cc2)nc2c1c(=O)[nH]c(=O)n2C. The van der Waals surface area contributed by atoms with Crippen LogP contribution >= 0.6 is 0 Å². The first-order valence-electron chi connectivity index (χ1n) is 8.65. The fraction of sp³-hybridized carbons (Fsp3) is 0.389. The number of rotatable bonds is 7. The summed E-state index contributed by atoms with van der Waals surface area (Å²) in [6.45, 7) is 2.77. The quantitative estimate of drug-likeness (QED) is 0.633. The van der Waals surface area contributed by atoms with Crippen LogP contribution in [0.1, 0.15) is 26.2 Å². The third kappa shape index (κ3) is 3.35. The number of hydrogen-bond donors (Lipinski definition) is 2. The molecule has 0 aliphatic rings. The summed E-state index contributed by atoms with van der Waals surface area (Å²) >= 11 is 0. The Hall–Kier alpha value is -3.03. The molecule has 2 N–H and O–H groups in total. The zero-order valence-corrected chi connectivity index (χ0v) is 15.2. The van der Waals surface area contributed by atoms with Gasteiger partial charge in [-0.3, -0.25) is 14.3 Å². The first kappa shape index (κ1) is 17.8. The molecule has 8 heteroatoms. The van der Waals surface area contributed by atoms with Gasteiger partial charge in [-0.25, -0.2) is 4.79 Å². The van der Waals surface area contributed by atoms with Crippen LogP contribution in [-0.2, 0) is 13.6 Å². The van der Waals surface area contributed by atoms with Gasteiger partial charge in [-0.15, -0.1) is 0 Å². The van der Waals surface area contributed by atoms with Crippen LogP contribution in [0.2, 0.25) is 0 Å². The molecule has 2 heterocycles. The van der Waals surface area contributed by atoms with Gasteiger partial charge >= 0.3 is 5.69 Å². The van der Waals surface area contributed by atoms with Crippen LogP contribution in [0, 0.1) is 0 Å². The summed E-state index contributed by atoms with van der Waals surface area (Å²) in [6, 6.07) is 7.43. The molecule has 0 saturated carbocycles. The number of imidazole rings is 1. The molecule has 3 rings (SSSR count). The standard InChI is InChI=1S/C18H23N5O3/c1-4-5-6-11-23-14-15(22(2)18(25)21-16(14)24)20-17(23)19-12-7-9-13(26-3)10-8-12/h7-10H,4-6,11H2,1-3H3,(H,19,20)(H,21,24,25). The number of aromatic amines is 1. The molecule has 2 aromatic heterocycles. The Morgan fingerprint density at radius 3 is 2.58 bits per heavy atom. The maximum atomic E-state index is 12.4. The van der Waals surface area contributed by atoms with Crippen molar-refractivity contribution in [1.82, 2.24) is 19.1 Å². The van der Waals surface area contributed by atoms with E-state index in [0.29, 0.717) is 23.7 Å². The molecule has 0 spiro atoms. The summed E-state index contributed by atoms with van der Waals surface area (Å²) in [6.07, 6.45) is 3.04. The molecule has 0 atom stereocenters. The van der Waals surface area contributed by atoms with Gasteiger partial charge in [-0.2, -0.15) is 4.98 Å². The zero-order chi connectivity index (χ0) is 18.7. The summed E-state index contributed by atoms with van der Waals surface area (Å²) in [7, 11) is 3.21. The van der Waals surface area contributed by atoms with Crippen LogP contribution < -0.4 is 21.3 Å². The van der Waals surface area contributed by atoms with Gasteiger partial charge in [0.05, 0.1) is 7.11 Å². The predicted molar refractivity (Wildman–Crippen MR) is 101 cm³/mol. The van der Waals surface area contributed by atoms with E-state index in [0.717, 1.165) is 30.7 Å². The van der Waals surface area contributed by atoms with Gasteiger partial charge in [-0.05, 0) is 30.7 Å². The first-order valence-corrected chi connectivity index (χ1v) is 8.65. The van der Waals surface area contributed by atoms with E-state index in [1.54, 1.807) is 14.2 Å². The third-order valence-electron chi connectivity index (χ3n) is 4.34. The highest BCUT2D eigenvalue weighted by Crippen LogP contribution is 2.22. The topological polar surface area (TPSA) is 93.9 Å². The Morgan fingerprint density at radius 1 is 1.19 bits per heavy atom. The number of ether oxygens (including phenoxy) is 1. The van der Waals surface area contributed by atoms with Gasteiger partial charge in [-0.1, -0.05) is 19.8 Å². The van der Waals surface area contributed by atoms with Crippen LogP contribution in [0.25, 0.3) is 11.2 Å². The van der Waals surface area contributed by atoms with E-state index in [9.17, 15) is 9.59 Å². The lowest BCUT2D eigenvalue weighted by Gasteiger charge is -2.10. The highest BCUT2D eigenvalue weighted by atomic mass is 16.5. The molecule has 0 amide bonds. The van der Waals surface area contributed by atoms with Gasteiger partial charge in [0, 0.05) is 19.3 Å². The largest absolute Gasteiger partial charge is 0.497 e. The predicted octanol–water partition coefficient (Wildman–Crippen LogP) is 2.37. The molecule has 0 fully saturated rings. The van der Waals surface area contributed by atoms with Gasteiger partial charge in [0.1, 0.15) is 5.75 Å². The van der Waals surface area contributed by atoms with Crippen molar-refractivity contribution < 1.29 is 4.74 Å². The van der Waals surface area contributed by atoms with Gasteiger partial charge in [0.15, 0.2) is 11.2 Å². The molecule has 138 valence electrons. The fourth-order valence-electron chi connectivity index (χ4n) is 2.87. The number of hydrogen-bond acceptors (Lipinski definition) is 5. The lowest BCUT2D eigenvalue weighted by Crippen LogP contribution is -2.29. The number of aromatic nitrogens is 4. The zero-order valence-electron chi connectivity index (χ0n) is 15.2. The summed E-state index contributed by atoms with van der Waals surface area (Å²) in [4.78, 5) is 31.1. The van der Waals surface area contributed by atoms with Crippen molar-refractivity contribution >= 4 is 22.8 Å². The van der Waals surface area contributed by atoms with E-state index >= 15 is 0 Å². The molecule has 0 aliphatic heterocycles. The Labute approximate surface area is 150 Å². The molecule has 26 heavy (non-hydrogen) atoms. The summed E-state index contributed by atoms with van der Waals surface area (Å²) < 4.78 is 8.36. The molecule has 0 saturated heterocycles. The number of methoxy groups -OCH3 is 1. The Morgan fingerprint density at radius 2 is 1.92 bits per heavy atom. The lowest BCUT2D eigenvalue weighted by molar-refractivity contribution is 0.415. The van der Waals surface area contributed by atoms with Crippen molar-refractivity contribution in [1.29, 1.82) is 0 Å². The smallest absolute Gasteiger partial charge is 0.329 e. The van der Waals surface area contributed by atoms with Crippen molar-refractivity contribution in [3.8, 4) is 5.75 Å². The number of nitrogens with zero attached hydrogens (tertiary/aromatic N) is 3. The van der Waals surface area contributed by atoms with Gasteiger partial charge < -0.3 is 14.6 Å². The average molecular weight is 357 g/mol. The maximum absolute atomic E-state index is 12.4. The normalized spacial score (nSPS) is 11.0. The third-order valence-corrected chi connectivity index (χ3v) is 4.34. The number of H-pyrrole nitrogens is 1. The van der Waals surface area contributed by atoms with Crippen LogP contribution in [0.3, 0.4) is 0 Å². The van der Waals surface area contributed by atoms with Crippen molar-refractivity contribution in [2.75, 3.05) is 12.4 Å². The second-order valence-electron chi connectivity index (χ2n) is 6.14. The number of unbranched alkanes of at least 4 members (excludes halogenated alkanes) is 2. The highest BCUT2D eigenvalue weighted by molar-refractivity contribution is 5.75. The summed E-state index contributed by atoms with van der Waals surface area (Å²) in [5, 5.41) is 3.24. The van der Waals surface area contributed by atoms with Crippen LogP contribution in [0.5, 0.6) is 5.75 Å². The monoisotopic (exact) mass is 357 g/mol. The van der Waals surface area contributed by atoms with E-state index in [2.05, 4.69) is 22.2 Å². The number of nitrogens with one attached hydrogen (secondary N) is 2. The van der Waals surface area contributed by atoms with E-state index < -0.39 is 11.2 Å². The van der Waals surface area contributed by atoms with Crippen LogP contribution in [0.4, 0.5) is 11.6 Å². The van der Waals surface area contributed by atoms with Crippen LogP contribution in [-0.4, -0.2) is 26.2 Å². The second kappa shape index (κ2) is 7.47. The Balaban J connectivity index is 2.08. The fourth-order valence-corrected chi connectivity index (χ4v) is 2.87. The minimum Gasteiger partial charge on any atom is -0.497 e. The molecule has 8 nitrogen and oxygen atoms in total. The second-order valence-corrected chi connectivity index (χ2v) is 6.14. The minimum atomic E-state index is -0.475. The first-order chi connectivity index (χ1) is 12.5. The van der Waals surface area contributed by atoms with Crippen molar-refractivity contribution in [2.45, 2.75) is 32.7 Å². The van der Waals surface area contributed by atoms with E-state index in [1.165, 1.54) is 4.57 Å². The Kier molecular flexibility index (Phi) is 5.11. The Bertz CT molecular complexity index is 1010. The van der Waals surface area contributed by atoms with E-state index in [1.807, 2.05) is 28.8 Å². The van der Waals surface area contributed by atoms with E-state index in [-0.39, 0.29) is 0 Å². The number of benzene rings is 1. The molecule has 0 radical (unpaired) electrons. The number of fused-ring (bicyclic) bond motifs is 1. The van der Waals surface area contributed by atoms with Gasteiger partial charge in [0.25, 0.3) is 5.56 Å². The average Bonchev–Trinajstić information content (AvgIpc) is 3.00. The highest BCUT2D eigenvalue weighted by Gasteiger charge is 2.17. The molecule has 1 aromatic carbocycles. The molecule has 3 aromatic rings. The number of aryl methyl sites for hydroxylation is 2. The molecule has 0 aliphatic carbocycles. The lowest BCUT2D eigenvalue weighted by atomic mass is 10.2. The molecule has 0 bridgehead atoms. The van der Waals surface area contributed by atoms with Crippen molar-refractivity contribution in [2.24, 2.45) is 7.05 Å². The molecular weight excluding hydrogens is 334 g/mol. The summed E-state index contributed by atoms with van der Waals surface area (Å²) in [5.41, 5.74) is 0.691. The minimum absolute atomic E-state index is 0.367. The number of anilines is 2. The van der Waals surface area contributed by atoms with Crippen molar-refractivity contribution in [3.63, 3.8) is 0 Å². The van der Waals surface area contributed by atoms with Crippen LogP contribution in [0.15, 0.2) is 33.9 Å². The van der Waals surface area contributed by atoms with Crippen molar-refractivity contribution in [3.05, 3.63) is 45.1 Å². The molecular formula is C18H23N5O3.